The van der Waals surface area contributed by atoms with Crippen molar-refractivity contribution in [3.05, 3.63) is 101 Å². The number of sulfonamides is 1. The van der Waals surface area contributed by atoms with Gasteiger partial charge in [-0.15, -0.1) is 11.3 Å². The molecule has 5 rings (SSSR count). The molecule has 1 atom stereocenters. The lowest BCUT2D eigenvalue weighted by Crippen LogP contribution is -2.12. The van der Waals surface area contributed by atoms with E-state index in [1.165, 1.54) is 22.5 Å². The van der Waals surface area contributed by atoms with E-state index in [2.05, 4.69) is 34.8 Å². The van der Waals surface area contributed by atoms with Crippen LogP contribution in [-0.4, -0.2) is 18.5 Å². The molecule has 4 aromatic rings. The van der Waals surface area contributed by atoms with E-state index in [1.807, 2.05) is 48.7 Å². The molecule has 1 aliphatic carbocycles. The fraction of sp³-hybridized carbons (Fsp3) is 0.222. The maximum Gasteiger partial charge on any atom is 0.292 e. The van der Waals surface area contributed by atoms with Gasteiger partial charge in [0.15, 0.2) is 0 Å². The molecule has 0 saturated carbocycles. The van der Waals surface area contributed by atoms with Crippen molar-refractivity contribution < 1.29 is 8.42 Å². The Morgan fingerprint density at radius 1 is 1.06 bits per heavy atom. The summed E-state index contributed by atoms with van der Waals surface area (Å²) in [6, 6.07) is 19.1. The fourth-order valence-corrected chi connectivity index (χ4v) is 6.61. The van der Waals surface area contributed by atoms with Crippen molar-refractivity contribution in [3.8, 4) is 0 Å². The number of aromatic nitrogens is 1. The quantitative estimate of drug-likeness (QED) is 0.301. The van der Waals surface area contributed by atoms with Crippen molar-refractivity contribution in [3.63, 3.8) is 0 Å². The van der Waals surface area contributed by atoms with Crippen molar-refractivity contribution in [2.24, 2.45) is 10.3 Å². The van der Waals surface area contributed by atoms with Crippen LogP contribution >= 0.6 is 11.3 Å². The minimum atomic E-state index is -3.84. The predicted octanol–water partition coefficient (Wildman–Crippen LogP) is 6.74. The van der Waals surface area contributed by atoms with E-state index >= 15 is 0 Å². The Morgan fingerprint density at radius 2 is 1.85 bits per heavy atom. The summed E-state index contributed by atoms with van der Waals surface area (Å²) in [6.07, 6.45) is 7.62. The average molecular weight is 475 g/mol. The summed E-state index contributed by atoms with van der Waals surface area (Å²) in [5.74, 6) is 0.694. The minimum absolute atomic E-state index is 0.249. The predicted molar refractivity (Wildman–Crippen MR) is 137 cm³/mol. The molecule has 3 aromatic heterocycles. The Morgan fingerprint density at radius 3 is 2.55 bits per heavy atom. The first kappa shape index (κ1) is 21.9. The number of rotatable bonds is 5. The highest BCUT2D eigenvalue weighted by Crippen LogP contribution is 2.37. The lowest BCUT2D eigenvalue weighted by atomic mass is 9.86. The lowest BCUT2D eigenvalue weighted by Gasteiger charge is -2.18. The van der Waals surface area contributed by atoms with E-state index in [0.717, 1.165) is 41.6 Å². The maximum absolute atomic E-state index is 13.2. The Kier molecular flexibility index (Phi) is 5.81. The molecule has 4 nitrogen and oxygen atoms in total. The van der Waals surface area contributed by atoms with Crippen molar-refractivity contribution in [1.29, 1.82) is 0 Å². The van der Waals surface area contributed by atoms with Crippen LogP contribution in [0, 0.1) is 12.8 Å². The normalized spacial score (nSPS) is 17.3. The summed E-state index contributed by atoms with van der Waals surface area (Å²) < 4.78 is 33.3. The zero-order valence-corrected chi connectivity index (χ0v) is 20.4. The SMILES string of the molecule is Cc1c(C2=CCC(C)CC2)c2ccccn2c1/C(=N/S(=O)(=O)c1cccs1)c1ccccc1. The Labute approximate surface area is 199 Å². The van der Waals surface area contributed by atoms with Crippen LogP contribution in [0.3, 0.4) is 0 Å². The molecule has 0 fully saturated rings. The number of hydrogen-bond donors (Lipinski definition) is 0. The van der Waals surface area contributed by atoms with E-state index in [9.17, 15) is 8.42 Å². The zero-order chi connectivity index (χ0) is 23.0. The van der Waals surface area contributed by atoms with Gasteiger partial charge in [-0.3, -0.25) is 0 Å². The van der Waals surface area contributed by atoms with Crippen LogP contribution in [0.2, 0.25) is 0 Å². The summed E-state index contributed by atoms with van der Waals surface area (Å²) >= 11 is 1.19. The highest BCUT2D eigenvalue weighted by molar-refractivity contribution is 7.92. The summed E-state index contributed by atoms with van der Waals surface area (Å²) in [7, 11) is -3.84. The van der Waals surface area contributed by atoms with E-state index in [1.54, 1.807) is 17.5 Å². The Balaban J connectivity index is 1.80. The van der Waals surface area contributed by atoms with Gasteiger partial charge in [-0.25, -0.2) is 0 Å². The summed E-state index contributed by atoms with van der Waals surface area (Å²) in [5, 5.41) is 1.76. The van der Waals surface area contributed by atoms with E-state index in [0.29, 0.717) is 11.6 Å². The molecule has 0 spiro atoms. The third-order valence-electron chi connectivity index (χ3n) is 6.31. The molecular weight excluding hydrogens is 448 g/mol. The number of allylic oxidation sites excluding steroid dienone is 2. The molecule has 3 heterocycles. The van der Waals surface area contributed by atoms with Gasteiger partial charge in [-0.1, -0.05) is 55.5 Å². The van der Waals surface area contributed by atoms with Gasteiger partial charge in [-0.2, -0.15) is 12.8 Å². The highest BCUT2D eigenvalue weighted by atomic mass is 32.2. The van der Waals surface area contributed by atoms with Crippen molar-refractivity contribution in [2.75, 3.05) is 0 Å². The highest BCUT2D eigenvalue weighted by Gasteiger charge is 2.26. The third-order valence-corrected chi connectivity index (χ3v) is 8.96. The fourth-order valence-electron chi connectivity index (χ4n) is 4.63. The van der Waals surface area contributed by atoms with Gasteiger partial charge in [0.25, 0.3) is 10.0 Å². The Hall–Kier alpha value is -2.96. The summed E-state index contributed by atoms with van der Waals surface area (Å²) in [6.45, 7) is 4.38. The molecule has 6 heteroatoms. The standard InChI is InChI=1S/C27H26N2O2S2/c1-19-13-15-21(16-14-19)25-20(2)27(29-17-7-6-11-23(25)29)26(22-9-4-3-5-10-22)28-33(30,31)24-12-8-18-32-24/h3-12,15,17-19H,13-14,16H2,1-2H3/b28-26+. The Bertz CT molecular complexity index is 1460. The molecule has 0 bridgehead atoms. The van der Waals surface area contributed by atoms with Gasteiger partial charge >= 0.3 is 0 Å². The van der Waals surface area contributed by atoms with E-state index in [4.69, 9.17) is 0 Å². The summed E-state index contributed by atoms with van der Waals surface area (Å²) in [4.78, 5) is 0. The van der Waals surface area contributed by atoms with Crippen molar-refractivity contribution >= 4 is 38.2 Å². The average Bonchev–Trinajstić information content (AvgIpc) is 3.46. The molecule has 33 heavy (non-hydrogen) atoms. The lowest BCUT2D eigenvalue weighted by molar-refractivity contribution is 0.534. The molecule has 0 amide bonds. The smallest absolute Gasteiger partial charge is 0.292 e. The van der Waals surface area contributed by atoms with Crippen LogP contribution in [0.25, 0.3) is 11.1 Å². The second kappa shape index (κ2) is 8.76. The molecule has 1 aromatic carbocycles. The molecule has 1 aliphatic rings. The van der Waals surface area contributed by atoms with Crippen molar-refractivity contribution in [2.45, 2.75) is 37.3 Å². The summed E-state index contributed by atoms with van der Waals surface area (Å²) in [5.41, 5.74) is 6.77. The van der Waals surface area contributed by atoms with Gasteiger partial charge in [0.05, 0.1) is 11.2 Å². The van der Waals surface area contributed by atoms with Gasteiger partial charge in [0.1, 0.15) is 9.92 Å². The third kappa shape index (κ3) is 4.09. The van der Waals surface area contributed by atoms with Gasteiger partial charge < -0.3 is 4.40 Å². The molecular formula is C27H26N2O2S2. The number of hydrogen-bond acceptors (Lipinski definition) is 3. The number of benzene rings is 1. The molecule has 168 valence electrons. The number of nitrogens with zero attached hydrogens (tertiary/aromatic N) is 2. The van der Waals surface area contributed by atoms with Crippen LogP contribution in [0.4, 0.5) is 0 Å². The van der Waals surface area contributed by atoms with Crippen molar-refractivity contribution in [1.82, 2.24) is 4.40 Å². The first-order valence-corrected chi connectivity index (χ1v) is 13.5. The molecule has 0 aliphatic heterocycles. The first-order chi connectivity index (χ1) is 16.0. The second-order valence-corrected chi connectivity index (χ2v) is 11.4. The van der Waals surface area contributed by atoms with E-state index in [-0.39, 0.29) is 4.21 Å². The molecule has 0 saturated heterocycles. The van der Waals surface area contributed by atoms with Gasteiger partial charge in [-0.05, 0) is 66.8 Å². The molecule has 0 radical (unpaired) electrons. The van der Waals surface area contributed by atoms with Crippen LogP contribution in [0.5, 0.6) is 0 Å². The van der Waals surface area contributed by atoms with Crippen LogP contribution in [0.1, 0.15) is 48.6 Å². The van der Waals surface area contributed by atoms with Gasteiger partial charge in [0.2, 0.25) is 0 Å². The zero-order valence-electron chi connectivity index (χ0n) is 18.7. The number of pyridine rings is 1. The molecule has 0 N–H and O–H groups in total. The largest absolute Gasteiger partial charge is 0.314 e. The molecule has 1 unspecified atom stereocenters. The minimum Gasteiger partial charge on any atom is -0.314 e. The van der Waals surface area contributed by atoms with Crippen LogP contribution in [-0.2, 0) is 10.0 Å². The van der Waals surface area contributed by atoms with E-state index < -0.39 is 10.0 Å². The maximum atomic E-state index is 13.2. The monoisotopic (exact) mass is 474 g/mol. The second-order valence-electron chi connectivity index (χ2n) is 8.63. The van der Waals surface area contributed by atoms with Crippen LogP contribution < -0.4 is 0 Å². The van der Waals surface area contributed by atoms with Crippen LogP contribution in [0.15, 0.2) is 86.9 Å². The number of fused-ring (bicyclic) bond motifs is 1. The number of thiophene rings is 1. The topological polar surface area (TPSA) is 50.9 Å². The van der Waals surface area contributed by atoms with Gasteiger partial charge in [0, 0.05) is 17.3 Å². The first-order valence-electron chi connectivity index (χ1n) is 11.2.